The molecular weight excluding hydrogens is 236 g/mol. The smallest absolute Gasteiger partial charge is 0.166 e. The number of rotatable bonds is 7. The van der Waals surface area contributed by atoms with E-state index in [1.807, 2.05) is 0 Å². The number of fused-ring (bicyclic) bond motifs is 1. The van der Waals surface area contributed by atoms with E-state index in [-0.39, 0.29) is 10.9 Å². The van der Waals surface area contributed by atoms with Crippen molar-refractivity contribution in [3.8, 4) is 0 Å². The zero-order chi connectivity index (χ0) is 11.9. The molecule has 1 saturated heterocycles. The van der Waals surface area contributed by atoms with Crippen molar-refractivity contribution < 1.29 is 14.2 Å². The largest absolute Gasteiger partial charge is 0.486 e. The van der Waals surface area contributed by atoms with Crippen molar-refractivity contribution in [1.82, 2.24) is 0 Å². The maximum Gasteiger partial charge on any atom is 0.166 e. The molecule has 0 aromatic heterocycles. The van der Waals surface area contributed by atoms with Gasteiger partial charge in [0.15, 0.2) is 11.5 Å². The summed E-state index contributed by atoms with van der Waals surface area (Å²) in [5, 5.41) is 4.33. The van der Waals surface area contributed by atoms with E-state index < -0.39 is 0 Å². The van der Waals surface area contributed by atoms with Crippen LogP contribution in [0.25, 0.3) is 0 Å². The summed E-state index contributed by atoms with van der Waals surface area (Å²) in [5.74, 6) is 2.66. The third kappa shape index (κ3) is 3.96. The van der Waals surface area contributed by atoms with Crippen LogP contribution in [0, 0.1) is 0 Å². The Hall–Kier alpha value is -0.610. The lowest BCUT2D eigenvalue weighted by atomic mass is 10.2. The highest BCUT2D eigenvalue weighted by Crippen LogP contribution is 2.42. The van der Waals surface area contributed by atoms with Gasteiger partial charge >= 0.3 is 0 Å². The van der Waals surface area contributed by atoms with E-state index in [0.717, 1.165) is 24.1 Å². The van der Waals surface area contributed by atoms with E-state index in [9.17, 15) is 0 Å². The lowest BCUT2D eigenvalue weighted by Gasteiger charge is -2.17. The third-order valence-electron chi connectivity index (χ3n) is 2.79. The molecule has 0 atom stereocenters. The number of thiol groups is 1. The van der Waals surface area contributed by atoms with E-state index in [1.165, 1.54) is 25.7 Å². The molecule has 2 rings (SSSR count). The molecule has 0 spiro atoms. The van der Waals surface area contributed by atoms with Crippen LogP contribution in [0.4, 0.5) is 0 Å². The van der Waals surface area contributed by atoms with Crippen LogP contribution in [-0.2, 0) is 14.2 Å². The maximum absolute atomic E-state index is 5.70. The highest BCUT2D eigenvalue weighted by atomic mass is 32.2. The molecule has 0 aromatic carbocycles. The van der Waals surface area contributed by atoms with Crippen LogP contribution < -0.4 is 0 Å². The second kappa shape index (κ2) is 6.97. The zero-order valence-corrected chi connectivity index (χ0v) is 11.4. The monoisotopic (exact) mass is 258 g/mol. The van der Waals surface area contributed by atoms with E-state index in [2.05, 4.69) is 17.7 Å². The molecule has 0 bridgehead atoms. The molecule has 0 aromatic rings. The second-order valence-electron chi connectivity index (χ2n) is 4.30. The van der Waals surface area contributed by atoms with Crippen LogP contribution in [0.2, 0.25) is 0 Å². The number of hydrogen-bond acceptors (Lipinski definition) is 3. The van der Waals surface area contributed by atoms with E-state index in [0.29, 0.717) is 13.2 Å². The molecular formula is C13H22O3S. The predicted octanol–water partition coefficient (Wildman–Crippen LogP) is 3.29. The molecule has 0 aliphatic carbocycles. The lowest BCUT2D eigenvalue weighted by molar-refractivity contribution is 0.0614. The Morgan fingerprint density at radius 3 is 2.47 bits per heavy atom. The Morgan fingerprint density at radius 1 is 1.12 bits per heavy atom. The molecule has 0 amide bonds. The minimum absolute atomic E-state index is 0.316. The highest BCUT2D eigenvalue weighted by molar-refractivity contribution is 8.22. The summed E-state index contributed by atoms with van der Waals surface area (Å²) in [4.78, 5) is 0. The van der Waals surface area contributed by atoms with Crippen molar-refractivity contribution in [1.29, 1.82) is 0 Å². The van der Waals surface area contributed by atoms with Gasteiger partial charge in [0.1, 0.15) is 13.2 Å². The first-order valence-electron chi connectivity index (χ1n) is 6.43. The molecule has 2 aliphatic heterocycles. The van der Waals surface area contributed by atoms with Gasteiger partial charge in [-0.2, -0.15) is 10.9 Å². The number of unbranched alkanes of at least 4 members (excludes halogenated alkanes) is 3. The highest BCUT2D eigenvalue weighted by Gasteiger charge is 2.21. The van der Waals surface area contributed by atoms with Crippen molar-refractivity contribution in [3.63, 3.8) is 0 Å². The molecule has 0 saturated carbocycles. The van der Waals surface area contributed by atoms with Gasteiger partial charge in [0.25, 0.3) is 0 Å². The zero-order valence-electron chi connectivity index (χ0n) is 10.5. The fourth-order valence-corrected chi connectivity index (χ4v) is 3.43. The van der Waals surface area contributed by atoms with Crippen LogP contribution in [0.15, 0.2) is 22.3 Å². The normalized spacial score (nSPS) is 20.2. The van der Waals surface area contributed by atoms with Gasteiger partial charge in [-0.05, 0) is 6.42 Å². The lowest BCUT2D eigenvalue weighted by Crippen LogP contribution is -2.11. The Labute approximate surface area is 106 Å². The van der Waals surface area contributed by atoms with Gasteiger partial charge in [-0.3, -0.25) is 0 Å². The molecule has 4 heteroatoms. The van der Waals surface area contributed by atoms with E-state index >= 15 is 0 Å². The summed E-state index contributed by atoms with van der Waals surface area (Å²) in [6.07, 6.45) is 5.05. The summed E-state index contributed by atoms with van der Waals surface area (Å²) in [6.45, 7) is 4.45. The number of hydrogen-bond donors (Lipinski definition) is 1. The standard InChI is InChI=1S/C13H22O3S/c1-2-3-4-5-6-14-11-17-9-12-13(10-17)16-8-7-15-12/h9-10,17H,2-8,11H2,1H3. The van der Waals surface area contributed by atoms with Crippen molar-refractivity contribution in [2.45, 2.75) is 32.6 Å². The van der Waals surface area contributed by atoms with Crippen molar-refractivity contribution >= 4 is 10.9 Å². The summed E-state index contributed by atoms with van der Waals surface area (Å²) in [5.41, 5.74) is 0. The van der Waals surface area contributed by atoms with Crippen LogP contribution in [0.3, 0.4) is 0 Å². The fraction of sp³-hybridized carbons (Fsp3) is 0.692. The van der Waals surface area contributed by atoms with Crippen molar-refractivity contribution in [2.24, 2.45) is 0 Å². The first-order valence-corrected chi connectivity index (χ1v) is 8.10. The van der Waals surface area contributed by atoms with Gasteiger partial charge < -0.3 is 14.2 Å². The van der Waals surface area contributed by atoms with Gasteiger partial charge in [0, 0.05) is 17.4 Å². The number of ether oxygens (including phenoxy) is 3. The summed E-state index contributed by atoms with van der Waals surface area (Å²) in [6, 6.07) is 0. The van der Waals surface area contributed by atoms with Crippen LogP contribution in [0.1, 0.15) is 32.6 Å². The van der Waals surface area contributed by atoms with E-state index in [1.54, 1.807) is 0 Å². The van der Waals surface area contributed by atoms with E-state index in [4.69, 9.17) is 14.2 Å². The SMILES string of the molecule is CCCCCCOC[SH]1C=C2OCCOC2=C1. The third-order valence-corrected chi connectivity index (χ3v) is 4.40. The van der Waals surface area contributed by atoms with Gasteiger partial charge in [-0.1, -0.05) is 26.2 Å². The van der Waals surface area contributed by atoms with Gasteiger partial charge in [0.2, 0.25) is 0 Å². The quantitative estimate of drug-likeness (QED) is 0.561. The molecule has 1 fully saturated rings. The first kappa shape index (κ1) is 12.8. The Balaban J connectivity index is 1.61. The van der Waals surface area contributed by atoms with Crippen LogP contribution >= 0.6 is 10.9 Å². The molecule has 0 unspecified atom stereocenters. The van der Waals surface area contributed by atoms with Gasteiger partial charge in [-0.15, -0.1) is 0 Å². The minimum atomic E-state index is -0.316. The Kier molecular flexibility index (Phi) is 5.26. The second-order valence-corrected chi connectivity index (χ2v) is 6.10. The Morgan fingerprint density at radius 2 is 1.82 bits per heavy atom. The van der Waals surface area contributed by atoms with Gasteiger partial charge in [-0.25, -0.2) is 0 Å². The topological polar surface area (TPSA) is 27.7 Å². The average Bonchev–Trinajstić information content (AvgIpc) is 2.76. The molecule has 0 radical (unpaired) electrons. The fourth-order valence-electron chi connectivity index (χ4n) is 1.86. The summed E-state index contributed by atoms with van der Waals surface area (Å²) >= 11 is 0. The maximum atomic E-state index is 5.70. The molecule has 0 N–H and O–H groups in total. The van der Waals surface area contributed by atoms with Gasteiger partial charge in [0.05, 0.1) is 5.94 Å². The molecule has 17 heavy (non-hydrogen) atoms. The van der Waals surface area contributed by atoms with Crippen LogP contribution in [0.5, 0.6) is 0 Å². The molecule has 2 heterocycles. The van der Waals surface area contributed by atoms with Crippen molar-refractivity contribution in [3.05, 3.63) is 22.3 Å². The predicted molar refractivity (Wildman–Crippen MR) is 72.0 cm³/mol. The minimum Gasteiger partial charge on any atom is -0.486 e. The molecule has 3 nitrogen and oxygen atoms in total. The van der Waals surface area contributed by atoms with Crippen molar-refractivity contribution in [2.75, 3.05) is 25.8 Å². The summed E-state index contributed by atoms with van der Waals surface area (Å²) < 4.78 is 16.7. The molecule has 2 aliphatic rings. The first-order chi connectivity index (χ1) is 8.40. The molecule has 98 valence electrons. The van der Waals surface area contributed by atoms with Crippen LogP contribution in [-0.4, -0.2) is 25.8 Å². The Bertz CT molecular complexity index is 277. The average molecular weight is 258 g/mol. The summed E-state index contributed by atoms with van der Waals surface area (Å²) in [7, 11) is -0.316.